The van der Waals surface area contributed by atoms with Gasteiger partial charge in [-0.1, -0.05) is 18.6 Å². The lowest BCUT2D eigenvalue weighted by molar-refractivity contribution is -0.238. The van der Waals surface area contributed by atoms with Gasteiger partial charge in [-0.3, -0.25) is 9.80 Å². The maximum atomic E-state index is 11.6. The van der Waals surface area contributed by atoms with Gasteiger partial charge in [0.2, 0.25) is 5.91 Å². The number of allylic oxidation sites excluding steroid dienone is 1. The van der Waals surface area contributed by atoms with Crippen molar-refractivity contribution in [3.63, 3.8) is 0 Å². The van der Waals surface area contributed by atoms with Crippen LogP contribution in [-0.2, 0) is 23.8 Å². The smallest absolute Gasteiger partial charge is 0.335 e. The van der Waals surface area contributed by atoms with E-state index in [4.69, 9.17) is 15.3 Å². The summed E-state index contributed by atoms with van der Waals surface area (Å²) in [5.74, 6) is 5.12. The minimum absolute atomic E-state index is 0.00105. The second-order valence-corrected chi connectivity index (χ2v) is 6.92. The number of β-lactam (4-membered cyclic amide) rings is 1. The number of nitrogens with zero attached hydrogens (tertiary/aromatic N) is 1. The lowest BCUT2D eigenvalue weighted by atomic mass is 9.95. The molecule has 2 fully saturated rings. The number of ether oxygens (including phenoxy) is 3. The molecule has 0 spiro atoms. The monoisotopic (exact) mass is 370 g/mol. The molecular weight excluding hydrogens is 340 g/mol. The topological polar surface area (TPSA) is 111 Å². The lowest BCUT2D eigenvalue weighted by Gasteiger charge is -2.37. The zero-order chi connectivity index (χ0) is 19.3. The third kappa shape index (κ3) is 5.26. The number of rotatable bonds is 8. The Morgan fingerprint density at radius 2 is 2.23 bits per heavy atom. The number of esters is 1. The quantitative estimate of drug-likeness (QED) is 0.216. The average Bonchev–Trinajstić information content (AvgIpc) is 2.63. The molecule has 8 nitrogen and oxygen atoms in total. The summed E-state index contributed by atoms with van der Waals surface area (Å²) in [6, 6.07) is 0.00105. The van der Waals surface area contributed by atoms with Gasteiger partial charge in [-0.05, 0) is 26.2 Å². The van der Waals surface area contributed by atoms with Crippen molar-refractivity contribution in [2.75, 3.05) is 7.11 Å². The number of aliphatic hydroxyl groups excluding tert-OH is 1. The zero-order valence-corrected chi connectivity index (χ0v) is 15.7. The maximum absolute atomic E-state index is 11.6. The average molecular weight is 370 g/mol. The Labute approximate surface area is 154 Å². The predicted octanol–water partition coefficient (Wildman–Crippen LogP) is 1.02. The molecule has 3 N–H and O–H groups in total. The van der Waals surface area contributed by atoms with Crippen LogP contribution in [0, 0.1) is 0 Å². The van der Waals surface area contributed by atoms with Crippen LogP contribution in [0.2, 0.25) is 0 Å². The molecule has 2 aliphatic heterocycles. The van der Waals surface area contributed by atoms with E-state index >= 15 is 0 Å². The highest BCUT2D eigenvalue weighted by Crippen LogP contribution is 2.25. The van der Waals surface area contributed by atoms with Crippen LogP contribution >= 0.6 is 0 Å². The Bertz CT molecular complexity index is 538. The number of carbonyl (C=O) groups excluding carboxylic acids is 2. The van der Waals surface area contributed by atoms with Gasteiger partial charge in [0.1, 0.15) is 0 Å². The van der Waals surface area contributed by atoms with Crippen LogP contribution in [-0.4, -0.2) is 59.7 Å². The van der Waals surface area contributed by atoms with Crippen LogP contribution in [0.3, 0.4) is 0 Å². The maximum Gasteiger partial charge on any atom is 0.335 e. The number of methoxy groups -OCH3 is 1. The third-order valence-corrected chi connectivity index (χ3v) is 5.00. The Morgan fingerprint density at radius 1 is 1.50 bits per heavy atom. The summed E-state index contributed by atoms with van der Waals surface area (Å²) < 4.78 is 16.3. The molecule has 148 valence electrons. The highest BCUT2D eigenvalue weighted by Gasteiger charge is 2.36. The van der Waals surface area contributed by atoms with Crippen molar-refractivity contribution < 1.29 is 28.9 Å². The first-order chi connectivity index (χ1) is 12.3. The number of amides is 1. The number of aliphatic hydroxyl groups is 1. The minimum Gasteiger partial charge on any atom is -0.467 e. The largest absolute Gasteiger partial charge is 0.467 e. The summed E-state index contributed by atoms with van der Waals surface area (Å²) in [6.45, 7) is 3.99. The molecule has 8 heteroatoms. The molecule has 0 saturated carbocycles. The molecule has 1 amide bonds. The first-order valence-corrected chi connectivity index (χ1v) is 9.15. The fraction of sp³-hybridized carbons (Fsp3) is 0.778. The van der Waals surface area contributed by atoms with E-state index in [1.165, 1.54) is 12.1 Å². The van der Waals surface area contributed by atoms with Gasteiger partial charge in [-0.25, -0.2) is 10.6 Å². The van der Waals surface area contributed by atoms with E-state index in [0.29, 0.717) is 12.8 Å². The van der Waals surface area contributed by atoms with E-state index in [-0.39, 0.29) is 24.5 Å². The Hall–Kier alpha value is -1.48. The normalized spacial score (nSPS) is 30.7. The predicted molar refractivity (Wildman–Crippen MR) is 93.5 cm³/mol. The van der Waals surface area contributed by atoms with Crippen molar-refractivity contribution in [3.8, 4) is 0 Å². The summed E-state index contributed by atoms with van der Waals surface area (Å²) in [4.78, 5) is 22.9. The standard InChI is InChI=1S/C18H30N2O6/c1-4-13(7-5-6-11(2)14-10-16(22)20(14)19)25-17-9-12(21)8-15(26-17)18(23)24-3/h6,12-15,17,21H,4-5,7-10,19H2,1-3H3/b11-6+/t12-,13?,14-,15-,17?/m0/s1. The molecule has 0 radical (unpaired) electrons. The van der Waals surface area contributed by atoms with Gasteiger partial charge in [0.25, 0.3) is 0 Å². The number of hydrazine groups is 1. The molecular formula is C18H30N2O6. The molecule has 2 heterocycles. The van der Waals surface area contributed by atoms with Gasteiger partial charge in [0.15, 0.2) is 12.4 Å². The Kier molecular flexibility index (Phi) is 7.57. The third-order valence-electron chi connectivity index (χ3n) is 5.00. The number of hydrogen-bond donors (Lipinski definition) is 2. The molecule has 0 aromatic rings. The zero-order valence-electron chi connectivity index (χ0n) is 15.7. The summed E-state index contributed by atoms with van der Waals surface area (Å²) in [5, 5.41) is 11.2. The van der Waals surface area contributed by atoms with Gasteiger partial charge in [-0.2, -0.15) is 0 Å². The second-order valence-electron chi connectivity index (χ2n) is 6.92. The van der Waals surface area contributed by atoms with Crippen LogP contribution in [0.5, 0.6) is 0 Å². The SMILES string of the molecule is CCC(CC/C=C(\C)[C@@H]1CC(=O)N1N)OC1C[C@@H](O)C[C@@H](C(=O)OC)O1. The number of carbonyl (C=O) groups is 2. The molecule has 2 unspecified atom stereocenters. The van der Waals surface area contributed by atoms with E-state index < -0.39 is 24.5 Å². The van der Waals surface area contributed by atoms with Crippen LogP contribution in [0.4, 0.5) is 0 Å². The van der Waals surface area contributed by atoms with Gasteiger partial charge >= 0.3 is 5.97 Å². The van der Waals surface area contributed by atoms with Crippen molar-refractivity contribution in [2.45, 2.75) is 83.0 Å². The summed E-state index contributed by atoms with van der Waals surface area (Å²) in [7, 11) is 1.30. The van der Waals surface area contributed by atoms with E-state index in [9.17, 15) is 14.7 Å². The number of nitrogens with two attached hydrogens (primary N) is 1. The van der Waals surface area contributed by atoms with Crippen molar-refractivity contribution in [1.82, 2.24) is 5.01 Å². The Balaban J connectivity index is 1.81. The van der Waals surface area contributed by atoms with Crippen molar-refractivity contribution >= 4 is 11.9 Å². The van der Waals surface area contributed by atoms with Crippen LogP contribution in [0.1, 0.15) is 52.4 Å². The molecule has 2 saturated heterocycles. The molecule has 2 rings (SSSR count). The molecule has 0 aromatic heterocycles. The van der Waals surface area contributed by atoms with Crippen LogP contribution in [0.15, 0.2) is 11.6 Å². The van der Waals surface area contributed by atoms with Gasteiger partial charge < -0.3 is 19.3 Å². The minimum atomic E-state index is -0.792. The van der Waals surface area contributed by atoms with Gasteiger partial charge in [0.05, 0.1) is 31.8 Å². The highest BCUT2D eigenvalue weighted by molar-refractivity contribution is 5.83. The fourth-order valence-corrected chi connectivity index (χ4v) is 3.26. The molecule has 5 atom stereocenters. The van der Waals surface area contributed by atoms with E-state index in [1.807, 2.05) is 13.8 Å². The molecule has 0 aliphatic carbocycles. The number of hydrogen-bond acceptors (Lipinski definition) is 7. The summed E-state index contributed by atoms with van der Waals surface area (Å²) in [5.41, 5.74) is 1.08. The van der Waals surface area contributed by atoms with Crippen LogP contribution in [0.25, 0.3) is 0 Å². The Morgan fingerprint density at radius 3 is 2.81 bits per heavy atom. The molecule has 26 heavy (non-hydrogen) atoms. The van der Waals surface area contributed by atoms with Crippen molar-refractivity contribution in [1.29, 1.82) is 0 Å². The first-order valence-electron chi connectivity index (χ1n) is 9.15. The van der Waals surface area contributed by atoms with E-state index in [0.717, 1.165) is 24.8 Å². The second kappa shape index (κ2) is 9.45. The fourth-order valence-electron chi connectivity index (χ4n) is 3.26. The summed E-state index contributed by atoms with van der Waals surface area (Å²) >= 11 is 0. The molecule has 2 aliphatic rings. The van der Waals surface area contributed by atoms with E-state index in [2.05, 4.69) is 10.8 Å². The molecule has 0 bridgehead atoms. The van der Waals surface area contributed by atoms with Gasteiger partial charge in [-0.15, -0.1) is 0 Å². The van der Waals surface area contributed by atoms with Gasteiger partial charge in [0, 0.05) is 12.8 Å². The summed E-state index contributed by atoms with van der Waals surface area (Å²) in [6.07, 6.45) is 3.35. The molecule has 0 aromatic carbocycles. The van der Waals surface area contributed by atoms with E-state index in [1.54, 1.807) is 0 Å². The first kappa shape index (κ1) is 20.8. The highest BCUT2D eigenvalue weighted by atomic mass is 16.7. The lowest BCUT2D eigenvalue weighted by Crippen LogP contribution is -2.57. The van der Waals surface area contributed by atoms with Crippen LogP contribution < -0.4 is 5.84 Å². The van der Waals surface area contributed by atoms with Crippen molar-refractivity contribution in [3.05, 3.63) is 11.6 Å². The van der Waals surface area contributed by atoms with Crippen molar-refractivity contribution in [2.24, 2.45) is 5.84 Å².